The van der Waals surface area contributed by atoms with Crippen LogP contribution in [0.25, 0.3) is 20.9 Å². The normalized spacial score (nSPS) is 9.50. The van der Waals surface area contributed by atoms with E-state index in [0.29, 0.717) is 36.1 Å². The van der Waals surface area contributed by atoms with E-state index < -0.39 is 0 Å². The molecule has 8 nitrogen and oxygen atoms in total. The standard InChI is InChI=1S/C16H16N6O2/c17-21-19-13-5-3-7-15(11-13)23-9-1-2-10-24-16-8-4-6-14(12-16)20-22-18/h3-8,11-12H,1-2,9-10H2. The Hall–Kier alpha value is -3.34. The van der Waals surface area contributed by atoms with Crippen LogP contribution < -0.4 is 9.47 Å². The molecule has 2 rings (SSSR count). The molecular weight excluding hydrogens is 308 g/mol. The summed E-state index contributed by atoms with van der Waals surface area (Å²) >= 11 is 0. The van der Waals surface area contributed by atoms with E-state index in [1.807, 2.05) is 12.1 Å². The SMILES string of the molecule is [N-]=[N+]=Nc1cccc(OCCCCOc2cccc(N=[N+]=[N-])c2)c1. The molecule has 122 valence electrons. The van der Waals surface area contributed by atoms with Crippen LogP contribution in [-0.2, 0) is 0 Å². The second kappa shape index (κ2) is 9.63. The second-order valence-electron chi connectivity index (χ2n) is 4.78. The van der Waals surface area contributed by atoms with E-state index in [0.717, 1.165) is 12.8 Å². The van der Waals surface area contributed by atoms with Crippen LogP contribution in [-0.4, -0.2) is 13.2 Å². The quantitative estimate of drug-likeness (QED) is 0.250. The van der Waals surface area contributed by atoms with E-state index in [1.54, 1.807) is 36.4 Å². The van der Waals surface area contributed by atoms with Gasteiger partial charge in [-0.1, -0.05) is 34.5 Å². The van der Waals surface area contributed by atoms with E-state index in [9.17, 15) is 0 Å². The molecule has 0 atom stereocenters. The maximum Gasteiger partial charge on any atom is 0.119 e. The fraction of sp³-hybridized carbons (Fsp3) is 0.250. The maximum absolute atomic E-state index is 8.40. The van der Waals surface area contributed by atoms with Gasteiger partial charge in [0.1, 0.15) is 11.5 Å². The van der Waals surface area contributed by atoms with E-state index in [2.05, 4.69) is 20.1 Å². The summed E-state index contributed by atoms with van der Waals surface area (Å²) in [5, 5.41) is 7.06. The van der Waals surface area contributed by atoms with E-state index in [-0.39, 0.29) is 0 Å². The largest absolute Gasteiger partial charge is 0.494 e. The van der Waals surface area contributed by atoms with Crippen molar-refractivity contribution < 1.29 is 9.47 Å². The number of hydrogen-bond donors (Lipinski definition) is 0. The molecule has 0 radical (unpaired) electrons. The van der Waals surface area contributed by atoms with Gasteiger partial charge in [0, 0.05) is 21.2 Å². The first-order chi connectivity index (χ1) is 11.8. The van der Waals surface area contributed by atoms with Crippen molar-refractivity contribution in [3.05, 3.63) is 69.4 Å². The van der Waals surface area contributed by atoms with Crippen molar-refractivity contribution in [2.45, 2.75) is 12.8 Å². The number of benzene rings is 2. The summed E-state index contributed by atoms with van der Waals surface area (Å²) in [4.78, 5) is 5.48. The predicted molar refractivity (Wildman–Crippen MR) is 90.7 cm³/mol. The van der Waals surface area contributed by atoms with Gasteiger partial charge in [0.15, 0.2) is 0 Å². The average molecular weight is 324 g/mol. The van der Waals surface area contributed by atoms with Crippen LogP contribution in [0.5, 0.6) is 11.5 Å². The van der Waals surface area contributed by atoms with Crippen molar-refractivity contribution in [3.63, 3.8) is 0 Å². The number of rotatable bonds is 9. The minimum absolute atomic E-state index is 0.526. The summed E-state index contributed by atoms with van der Waals surface area (Å²) in [5.41, 5.74) is 17.9. The van der Waals surface area contributed by atoms with Gasteiger partial charge in [-0.2, -0.15) is 0 Å². The molecule has 0 aliphatic carbocycles. The molecule has 0 N–H and O–H groups in total. The molecule has 0 amide bonds. The van der Waals surface area contributed by atoms with Gasteiger partial charge in [0.25, 0.3) is 0 Å². The van der Waals surface area contributed by atoms with Crippen molar-refractivity contribution in [2.24, 2.45) is 10.2 Å². The summed E-state index contributed by atoms with van der Waals surface area (Å²) in [5.74, 6) is 1.34. The van der Waals surface area contributed by atoms with Gasteiger partial charge in [-0.15, -0.1) is 0 Å². The third kappa shape index (κ3) is 5.81. The Bertz CT molecular complexity index is 701. The molecule has 24 heavy (non-hydrogen) atoms. The lowest BCUT2D eigenvalue weighted by atomic mass is 10.3. The molecule has 2 aromatic carbocycles. The van der Waals surface area contributed by atoms with Crippen molar-refractivity contribution >= 4 is 11.4 Å². The zero-order valence-electron chi connectivity index (χ0n) is 12.9. The van der Waals surface area contributed by atoms with E-state index in [1.165, 1.54) is 0 Å². The summed E-state index contributed by atoms with van der Waals surface area (Å²) in [6, 6.07) is 14.0. The molecule has 0 saturated carbocycles. The minimum Gasteiger partial charge on any atom is -0.494 e. The first-order valence-corrected chi connectivity index (χ1v) is 7.38. The van der Waals surface area contributed by atoms with Crippen LogP contribution in [0.4, 0.5) is 11.4 Å². The van der Waals surface area contributed by atoms with Crippen LogP contribution >= 0.6 is 0 Å². The zero-order chi connectivity index (χ0) is 17.0. The maximum atomic E-state index is 8.40. The van der Waals surface area contributed by atoms with Crippen LogP contribution in [0.1, 0.15) is 12.8 Å². The first-order valence-electron chi connectivity index (χ1n) is 7.38. The number of unbranched alkanes of at least 4 members (excludes halogenated alkanes) is 1. The Labute approximate surface area is 138 Å². The Morgan fingerprint density at radius 1 is 0.750 bits per heavy atom. The highest BCUT2D eigenvalue weighted by Crippen LogP contribution is 2.21. The summed E-state index contributed by atoms with van der Waals surface area (Å²) in [6.07, 6.45) is 1.64. The van der Waals surface area contributed by atoms with Crippen molar-refractivity contribution in [2.75, 3.05) is 13.2 Å². The van der Waals surface area contributed by atoms with Gasteiger partial charge in [-0.05, 0) is 48.2 Å². The van der Waals surface area contributed by atoms with E-state index >= 15 is 0 Å². The lowest BCUT2D eigenvalue weighted by molar-refractivity contribution is 0.266. The molecule has 0 aromatic heterocycles. The predicted octanol–water partition coefficient (Wildman–Crippen LogP) is 5.81. The van der Waals surface area contributed by atoms with Crippen LogP contribution in [0.15, 0.2) is 58.8 Å². The van der Waals surface area contributed by atoms with Gasteiger partial charge in [-0.3, -0.25) is 0 Å². The minimum atomic E-state index is 0.526. The lowest BCUT2D eigenvalue weighted by Gasteiger charge is -2.08. The van der Waals surface area contributed by atoms with Crippen molar-refractivity contribution in [3.8, 4) is 11.5 Å². The second-order valence-corrected chi connectivity index (χ2v) is 4.78. The lowest BCUT2D eigenvalue weighted by Crippen LogP contribution is -2.02. The molecule has 0 fully saturated rings. The molecule has 0 saturated heterocycles. The van der Waals surface area contributed by atoms with Gasteiger partial charge < -0.3 is 9.47 Å². The number of nitrogens with zero attached hydrogens (tertiary/aromatic N) is 6. The zero-order valence-corrected chi connectivity index (χ0v) is 12.9. The molecule has 0 heterocycles. The fourth-order valence-electron chi connectivity index (χ4n) is 1.96. The first kappa shape index (κ1) is 17.0. The smallest absolute Gasteiger partial charge is 0.119 e. The molecule has 0 bridgehead atoms. The van der Waals surface area contributed by atoms with Gasteiger partial charge in [0.05, 0.1) is 13.2 Å². The highest BCUT2D eigenvalue weighted by molar-refractivity contribution is 5.43. The summed E-state index contributed by atoms with van der Waals surface area (Å²) in [6.45, 7) is 1.09. The Kier molecular flexibility index (Phi) is 6.83. The van der Waals surface area contributed by atoms with Crippen LogP contribution in [0, 0.1) is 0 Å². The fourth-order valence-corrected chi connectivity index (χ4v) is 1.96. The topological polar surface area (TPSA) is 116 Å². The Morgan fingerprint density at radius 2 is 1.21 bits per heavy atom. The Morgan fingerprint density at radius 3 is 1.62 bits per heavy atom. The van der Waals surface area contributed by atoms with E-state index in [4.69, 9.17) is 20.5 Å². The third-order valence-electron chi connectivity index (χ3n) is 3.03. The Balaban J connectivity index is 1.68. The molecule has 0 unspecified atom stereocenters. The van der Waals surface area contributed by atoms with Gasteiger partial charge in [0.2, 0.25) is 0 Å². The van der Waals surface area contributed by atoms with Gasteiger partial charge >= 0.3 is 0 Å². The molecule has 8 heteroatoms. The molecule has 0 aliphatic rings. The summed E-state index contributed by atoms with van der Waals surface area (Å²) in [7, 11) is 0. The highest BCUT2D eigenvalue weighted by Gasteiger charge is 1.98. The molecule has 2 aromatic rings. The van der Waals surface area contributed by atoms with Crippen LogP contribution in [0.3, 0.4) is 0 Å². The number of hydrogen-bond acceptors (Lipinski definition) is 4. The summed E-state index contributed by atoms with van der Waals surface area (Å²) < 4.78 is 11.2. The molecular formula is C16H16N6O2. The number of azide groups is 2. The highest BCUT2D eigenvalue weighted by atomic mass is 16.5. The molecule has 0 spiro atoms. The average Bonchev–Trinajstić information content (AvgIpc) is 2.59. The third-order valence-corrected chi connectivity index (χ3v) is 3.03. The monoisotopic (exact) mass is 324 g/mol. The van der Waals surface area contributed by atoms with Crippen molar-refractivity contribution in [1.82, 2.24) is 0 Å². The van der Waals surface area contributed by atoms with Crippen molar-refractivity contribution in [1.29, 1.82) is 0 Å². The van der Waals surface area contributed by atoms with Gasteiger partial charge in [-0.25, -0.2) is 0 Å². The van der Waals surface area contributed by atoms with Crippen LogP contribution in [0.2, 0.25) is 0 Å². The molecule has 0 aliphatic heterocycles. The number of ether oxygens (including phenoxy) is 2.